The van der Waals surface area contributed by atoms with Crippen molar-refractivity contribution >= 4 is 29.2 Å². The molecule has 2 aromatic rings. The van der Waals surface area contributed by atoms with Gasteiger partial charge in [-0.25, -0.2) is 0 Å². The van der Waals surface area contributed by atoms with Crippen molar-refractivity contribution in [1.29, 1.82) is 0 Å². The molecule has 1 amide bonds. The summed E-state index contributed by atoms with van der Waals surface area (Å²) in [6, 6.07) is 12.9. The van der Waals surface area contributed by atoms with Crippen LogP contribution in [-0.4, -0.2) is 66.3 Å². The van der Waals surface area contributed by atoms with E-state index in [0.29, 0.717) is 23.7 Å². The van der Waals surface area contributed by atoms with Crippen LogP contribution in [0.3, 0.4) is 0 Å². The number of carboxylic acids is 1. The van der Waals surface area contributed by atoms with Gasteiger partial charge in [-0.1, -0.05) is 23.7 Å². The van der Waals surface area contributed by atoms with E-state index in [-0.39, 0.29) is 19.1 Å². The molecular weight excluding hydrogens is 434 g/mol. The van der Waals surface area contributed by atoms with E-state index in [1.165, 1.54) is 0 Å². The predicted molar refractivity (Wildman–Crippen MR) is 120 cm³/mol. The van der Waals surface area contributed by atoms with Crippen LogP contribution in [0.25, 0.3) is 0 Å². The van der Waals surface area contributed by atoms with E-state index in [1.54, 1.807) is 18.2 Å². The van der Waals surface area contributed by atoms with Crippen LogP contribution in [0.1, 0.15) is 12.0 Å². The van der Waals surface area contributed by atoms with Gasteiger partial charge in [0.1, 0.15) is 0 Å². The first-order valence-electron chi connectivity index (χ1n) is 10.6. The SMILES string of the molecule is O=C(C[C@H](CN1CCN(Cc2cccc(Cl)c2)CC1)C(=O)O)Nc1ccc2c(c1)OCO2. The average molecular weight is 460 g/mol. The van der Waals surface area contributed by atoms with Crippen molar-refractivity contribution in [2.45, 2.75) is 13.0 Å². The molecule has 0 spiro atoms. The van der Waals surface area contributed by atoms with Crippen LogP contribution in [0, 0.1) is 5.92 Å². The topological polar surface area (TPSA) is 91.3 Å². The van der Waals surface area contributed by atoms with E-state index in [2.05, 4.69) is 21.2 Å². The molecule has 0 bridgehead atoms. The predicted octanol–water partition coefficient (Wildman–Crippen LogP) is 2.92. The fourth-order valence-electron chi connectivity index (χ4n) is 3.98. The Labute approximate surface area is 191 Å². The fourth-order valence-corrected chi connectivity index (χ4v) is 4.19. The lowest BCUT2D eigenvalue weighted by molar-refractivity contribution is -0.144. The van der Waals surface area contributed by atoms with Crippen LogP contribution in [0.5, 0.6) is 11.5 Å². The standard InChI is InChI=1S/C23H26ClN3O5/c24-18-3-1-2-16(10-18)13-26-6-8-27(9-7-26)14-17(23(29)30)11-22(28)25-19-4-5-20-21(12-19)32-15-31-20/h1-5,10,12,17H,6-9,11,13-15H2,(H,25,28)(H,29,30)/t17-/m1/s1. The number of carbonyl (C=O) groups is 2. The molecule has 4 rings (SSSR count). The lowest BCUT2D eigenvalue weighted by atomic mass is 10.0. The number of fused-ring (bicyclic) bond motifs is 1. The molecule has 1 saturated heterocycles. The number of halogens is 1. The van der Waals surface area contributed by atoms with E-state index in [1.807, 2.05) is 18.2 Å². The molecule has 2 heterocycles. The maximum atomic E-state index is 12.5. The van der Waals surface area contributed by atoms with Crippen molar-refractivity contribution in [2.75, 3.05) is 44.8 Å². The van der Waals surface area contributed by atoms with Gasteiger partial charge in [-0.3, -0.25) is 19.4 Å². The summed E-state index contributed by atoms with van der Waals surface area (Å²) in [5, 5.41) is 13.1. The molecule has 0 saturated carbocycles. The van der Waals surface area contributed by atoms with Gasteiger partial charge in [0, 0.05) is 62.5 Å². The van der Waals surface area contributed by atoms with E-state index >= 15 is 0 Å². The van der Waals surface area contributed by atoms with Crippen LogP contribution in [0.15, 0.2) is 42.5 Å². The molecular formula is C23H26ClN3O5. The molecule has 8 nitrogen and oxygen atoms in total. The molecule has 2 aliphatic heterocycles. The zero-order chi connectivity index (χ0) is 22.5. The molecule has 32 heavy (non-hydrogen) atoms. The van der Waals surface area contributed by atoms with Crippen LogP contribution >= 0.6 is 11.6 Å². The van der Waals surface area contributed by atoms with Crippen molar-refractivity contribution in [3.8, 4) is 11.5 Å². The third-order valence-corrected chi connectivity index (χ3v) is 5.91. The highest BCUT2D eigenvalue weighted by atomic mass is 35.5. The summed E-state index contributed by atoms with van der Waals surface area (Å²) in [6.07, 6.45) is -0.0908. The maximum Gasteiger partial charge on any atom is 0.308 e. The van der Waals surface area contributed by atoms with Gasteiger partial charge >= 0.3 is 5.97 Å². The third kappa shape index (κ3) is 5.91. The van der Waals surface area contributed by atoms with Crippen molar-refractivity contribution in [3.63, 3.8) is 0 Å². The molecule has 0 aliphatic carbocycles. The molecule has 170 valence electrons. The number of nitrogens with zero attached hydrogens (tertiary/aromatic N) is 2. The quantitative estimate of drug-likeness (QED) is 0.627. The van der Waals surface area contributed by atoms with Crippen LogP contribution < -0.4 is 14.8 Å². The van der Waals surface area contributed by atoms with Gasteiger partial charge in [-0.05, 0) is 29.8 Å². The Morgan fingerprint density at radius 1 is 1.03 bits per heavy atom. The Bertz CT molecular complexity index is 978. The molecule has 9 heteroatoms. The summed E-state index contributed by atoms with van der Waals surface area (Å²) in [5.74, 6) is -0.888. The van der Waals surface area contributed by atoms with Crippen molar-refractivity contribution in [1.82, 2.24) is 9.80 Å². The first-order valence-corrected chi connectivity index (χ1v) is 11.0. The van der Waals surface area contributed by atoms with E-state index in [9.17, 15) is 14.7 Å². The van der Waals surface area contributed by atoms with Gasteiger partial charge < -0.3 is 19.9 Å². The second-order valence-electron chi connectivity index (χ2n) is 8.06. The van der Waals surface area contributed by atoms with Gasteiger partial charge in [-0.15, -0.1) is 0 Å². The second-order valence-corrected chi connectivity index (χ2v) is 8.50. The molecule has 0 unspecified atom stereocenters. The largest absolute Gasteiger partial charge is 0.481 e. The van der Waals surface area contributed by atoms with E-state index in [0.717, 1.165) is 43.3 Å². The minimum Gasteiger partial charge on any atom is -0.481 e. The summed E-state index contributed by atoms with van der Waals surface area (Å²) < 4.78 is 10.6. The van der Waals surface area contributed by atoms with E-state index < -0.39 is 11.9 Å². The maximum absolute atomic E-state index is 12.5. The van der Waals surface area contributed by atoms with Gasteiger partial charge in [0.25, 0.3) is 0 Å². The number of hydrogen-bond donors (Lipinski definition) is 2. The third-order valence-electron chi connectivity index (χ3n) is 5.68. The molecule has 1 atom stereocenters. The molecule has 0 aromatic heterocycles. The highest BCUT2D eigenvalue weighted by Crippen LogP contribution is 2.34. The molecule has 1 fully saturated rings. The summed E-state index contributed by atoms with van der Waals surface area (Å²) in [5.41, 5.74) is 1.72. The highest BCUT2D eigenvalue weighted by Gasteiger charge is 2.27. The number of hydrogen-bond acceptors (Lipinski definition) is 6. The Kier molecular flexibility index (Phi) is 7.14. The van der Waals surface area contributed by atoms with Crippen molar-refractivity contribution in [3.05, 3.63) is 53.1 Å². The van der Waals surface area contributed by atoms with Crippen LogP contribution in [0.4, 0.5) is 5.69 Å². The summed E-state index contributed by atoms with van der Waals surface area (Å²) in [7, 11) is 0. The molecule has 2 aromatic carbocycles. The Morgan fingerprint density at radius 2 is 1.78 bits per heavy atom. The molecule has 2 N–H and O–H groups in total. The number of aliphatic carboxylic acids is 1. The van der Waals surface area contributed by atoms with Gasteiger partial charge in [-0.2, -0.15) is 0 Å². The Hall–Kier alpha value is -2.81. The number of ether oxygens (including phenoxy) is 2. The Morgan fingerprint density at radius 3 is 2.53 bits per heavy atom. The van der Waals surface area contributed by atoms with Crippen LogP contribution in [0.2, 0.25) is 5.02 Å². The number of nitrogens with one attached hydrogen (secondary N) is 1. The lowest BCUT2D eigenvalue weighted by Gasteiger charge is -2.35. The minimum absolute atomic E-state index is 0.0908. The minimum atomic E-state index is -0.966. The smallest absolute Gasteiger partial charge is 0.308 e. The fraction of sp³-hybridized carbons (Fsp3) is 0.391. The zero-order valence-corrected chi connectivity index (χ0v) is 18.4. The van der Waals surface area contributed by atoms with Gasteiger partial charge in [0.2, 0.25) is 12.7 Å². The van der Waals surface area contributed by atoms with Gasteiger partial charge in [0.15, 0.2) is 11.5 Å². The Balaban J connectivity index is 1.25. The number of amides is 1. The number of piperazine rings is 1. The van der Waals surface area contributed by atoms with Crippen molar-refractivity contribution in [2.24, 2.45) is 5.92 Å². The first-order chi connectivity index (χ1) is 15.5. The van der Waals surface area contributed by atoms with Crippen LogP contribution in [-0.2, 0) is 16.1 Å². The summed E-state index contributed by atoms with van der Waals surface area (Å²) >= 11 is 6.06. The summed E-state index contributed by atoms with van der Waals surface area (Å²) in [6.45, 7) is 4.50. The zero-order valence-electron chi connectivity index (χ0n) is 17.6. The number of benzene rings is 2. The summed E-state index contributed by atoms with van der Waals surface area (Å²) in [4.78, 5) is 28.7. The average Bonchev–Trinajstić information content (AvgIpc) is 3.22. The monoisotopic (exact) mass is 459 g/mol. The number of rotatable bonds is 8. The van der Waals surface area contributed by atoms with E-state index in [4.69, 9.17) is 21.1 Å². The number of carboxylic acid groups (broad SMARTS) is 1. The first kappa shape index (κ1) is 22.4. The number of anilines is 1. The van der Waals surface area contributed by atoms with Crippen molar-refractivity contribution < 1.29 is 24.2 Å². The highest BCUT2D eigenvalue weighted by molar-refractivity contribution is 6.30. The normalized spacial score (nSPS) is 17.2. The molecule has 2 aliphatic rings. The number of carbonyl (C=O) groups excluding carboxylic acids is 1. The van der Waals surface area contributed by atoms with Gasteiger partial charge in [0.05, 0.1) is 5.92 Å². The molecule has 0 radical (unpaired) electrons. The lowest BCUT2D eigenvalue weighted by Crippen LogP contribution is -2.48. The second kappa shape index (κ2) is 10.2.